The number of hydrogen-bond acceptors (Lipinski definition) is 2. The van der Waals surface area contributed by atoms with Gasteiger partial charge in [-0.25, -0.2) is 13.6 Å². The summed E-state index contributed by atoms with van der Waals surface area (Å²) in [5.74, 6) is -3.33. The lowest BCUT2D eigenvalue weighted by Gasteiger charge is -2.11. The summed E-state index contributed by atoms with van der Waals surface area (Å²) in [6, 6.07) is 7.40. The van der Waals surface area contributed by atoms with Gasteiger partial charge < -0.3 is 10.4 Å². The van der Waals surface area contributed by atoms with E-state index in [9.17, 15) is 13.6 Å². The molecule has 0 aliphatic heterocycles. The molecule has 2 rings (SSSR count). The molecule has 0 aliphatic carbocycles. The number of carboxylic acid groups (broad SMARTS) is 1. The molecule has 2 N–H and O–H groups in total. The Morgan fingerprint density at radius 3 is 2.48 bits per heavy atom. The molecule has 0 saturated carbocycles. The predicted octanol–water partition coefficient (Wildman–Crippen LogP) is 3.89. The number of aromatic carboxylic acids is 1. The normalized spacial score (nSPS) is 10.5. The number of benzene rings is 2. The van der Waals surface area contributed by atoms with Crippen LogP contribution in [0.15, 0.2) is 30.3 Å². The minimum atomic E-state index is -1.43. The maximum Gasteiger partial charge on any atom is 0.338 e. The Kier molecular flexibility index (Phi) is 4.21. The second-order valence-corrected chi connectivity index (χ2v) is 4.90. The molecule has 0 spiro atoms. The molecule has 0 aliphatic rings. The van der Waals surface area contributed by atoms with Gasteiger partial charge in [0.1, 0.15) is 11.6 Å². The zero-order valence-corrected chi connectivity index (χ0v) is 11.7. The van der Waals surface area contributed by atoms with Crippen molar-refractivity contribution in [2.75, 3.05) is 5.32 Å². The molecule has 3 nitrogen and oxygen atoms in total. The van der Waals surface area contributed by atoms with Gasteiger partial charge in [-0.1, -0.05) is 23.8 Å². The van der Waals surface area contributed by atoms with Gasteiger partial charge in [0.15, 0.2) is 0 Å². The molecule has 110 valence electrons. The van der Waals surface area contributed by atoms with E-state index in [1.165, 1.54) is 0 Å². The zero-order valence-electron chi connectivity index (χ0n) is 11.7. The second-order valence-electron chi connectivity index (χ2n) is 4.90. The quantitative estimate of drug-likeness (QED) is 0.898. The van der Waals surface area contributed by atoms with Crippen LogP contribution in [-0.4, -0.2) is 11.1 Å². The summed E-state index contributed by atoms with van der Waals surface area (Å²) >= 11 is 0. The topological polar surface area (TPSA) is 49.3 Å². The van der Waals surface area contributed by atoms with E-state index >= 15 is 0 Å². The molecule has 0 bridgehead atoms. The van der Waals surface area contributed by atoms with Crippen LogP contribution in [0.5, 0.6) is 0 Å². The molecule has 0 atom stereocenters. The zero-order chi connectivity index (χ0) is 15.6. The molecule has 0 aromatic heterocycles. The fourth-order valence-electron chi connectivity index (χ4n) is 2.08. The molecule has 0 unspecified atom stereocenters. The lowest BCUT2D eigenvalue weighted by Crippen LogP contribution is -2.07. The third-order valence-corrected chi connectivity index (χ3v) is 3.25. The van der Waals surface area contributed by atoms with Gasteiger partial charge in [0.25, 0.3) is 0 Å². The first kappa shape index (κ1) is 15.0. The fraction of sp³-hybridized carbons (Fsp3) is 0.188. The molecule has 0 fully saturated rings. The lowest BCUT2D eigenvalue weighted by atomic mass is 10.1. The largest absolute Gasteiger partial charge is 0.478 e. The van der Waals surface area contributed by atoms with Crippen molar-refractivity contribution in [3.63, 3.8) is 0 Å². The van der Waals surface area contributed by atoms with Crippen LogP contribution in [0.1, 0.15) is 27.0 Å². The summed E-state index contributed by atoms with van der Waals surface area (Å²) in [7, 11) is 0. The number of rotatable bonds is 4. The van der Waals surface area contributed by atoms with Crippen LogP contribution < -0.4 is 5.32 Å². The minimum absolute atomic E-state index is 0.0335. The molecule has 21 heavy (non-hydrogen) atoms. The minimum Gasteiger partial charge on any atom is -0.478 e. The summed E-state index contributed by atoms with van der Waals surface area (Å²) in [6.07, 6.45) is 0. The second kappa shape index (κ2) is 5.91. The van der Waals surface area contributed by atoms with Gasteiger partial charge in [0, 0.05) is 12.6 Å². The van der Waals surface area contributed by atoms with Crippen molar-refractivity contribution >= 4 is 11.7 Å². The number of nitrogens with one attached hydrogen (secondary N) is 1. The number of hydrogen-bond donors (Lipinski definition) is 2. The predicted molar refractivity (Wildman–Crippen MR) is 76.6 cm³/mol. The highest BCUT2D eigenvalue weighted by atomic mass is 19.1. The first-order valence-corrected chi connectivity index (χ1v) is 6.41. The van der Waals surface area contributed by atoms with Crippen molar-refractivity contribution in [3.8, 4) is 0 Å². The van der Waals surface area contributed by atoms with E-state index in [0.717, 1.165) is 22.8 Å². The number of carboxylic acids is 1. The Bertz CT molecular complexity index is 699. The summed E-state index contributed by atoms with van der Waals surface area (Å²) in [5.41, 5.74) is 2.54. The number of aryl methyl sites for hydroxylation is 2. The maximum atomic E-state index is 13.7. The van der Waals surface area contributed by atoms with Crippen LogP contribution in [0.25, 0.3) is 0 Å². The van der Waals surface area contributed by atoms with Gasteiger partial charge in [0.05, 0.1) is 11.3 Å². The van der Waals surface area contributed by atoms with E-state index in [2.05, 4.69) is 5.32 Å². The standard InChI is InChI=1S/C16H15F2NO2/c1-9-3-4-11(10(2)5-9)8-19-15-6-12(16(20)21)13(17)7-14(15)18/h3-7,19H,8H2,1-2H3,(H,20,21). The molecule has 2 aromatic carbocycles. The average molecular weight is 291 g/mol. The molecule has 2 aromatic rings. The first-order chi connectivity index (χ1) is 9.88. The summed E-state index contributed by atoms with van der Waals surface area (Å²) in [6.45, 7) is 4.24. The number of anilines is 1. The van der Waals surface area contributed by atoms with Gasteiger partial charge in [-0.05, 0) is 31.0 Å². The van der Waals surface area contributed by atoms with E-state index in [-0.39, 0.29) is 5.69 Å². The van der Waals surface area contributed by atoms with Crippen molar-refractivity contribution in [1.29, 1.82) is 0 Å². The SMILES string of the molecule is Cc1ccc(CNc2cc(C(=O)O)c(F)cc2F)c(C)c1. The molecule has 0 heterocycles. The van der Waals surface area contributed by atoms with Crippen LogP contribution in [0.3, 0.4) is 0 Å². The highest BCUT2D eigenvalue weighted by Crippen LogP contribution is 2.21. The van der Waals surface area contributed by atoms with E-state index in [1.54, 1.807) is 0 Å². The summed E-state index contributed by atoms with van der Waals surface area (Å²) in [5, 5.41) is 11.7. The molecular formula is C16H15F2NO2. The Morgan fingerprint density at radius 2 is 1.86 bits per heavy atom. The van der Waals surface area contributed by atoms with Crippen molar-refractivity contribution in [3.05, 3.63) is 64.2 Å². The Hall–Kier alpha value is -2.43. The fourth-order valence-corrected chi connectivity index (χ4v) is 2.08. The van der Waals surface area contributed by atoms with Crippen molar-refractivity contribution in [2.24, 2.45) is 0 Å². The van der Waals surface area contributed by atoms with E-state index in [0.29, 0.717) is 12.6 Å². The van der Waals surface area contributed by atoms with Crippen molar-refractivity contribution in [1.82, 2.24) is 0 Å². The van der Waals surface area contributed by atoms with Gasteiger partial charge >= 0.3 is 5.97 Å². The maximum absolute atomic E-state index is 13.7. The third-order valence-electron chi connectivity index (χ3n) is 3.25. The first-order valence-electron chi connectivity index (χ1n) is 6.41. The van der Waals surface area contributed by atoms with Gasteiger partial charge in [-0.15, -0.1) is 0 Å². The Balaban J connectivity index is 2.23. The van der Waals surface area contributed by atoms with Gasteiger partial charge in [0.2, 0.25) is 0 Å². The van der Waals surface area contributed by atoms with E-state index in [4.69, 9.17) is 5.11 Å². The van der Waals surface area contributed by atoms with Crippen molar-refractivity contribution < 1.29 is 18.7 Å². The molecular weight excluding hydrogens is 276 g/mol. The Labute approximate surface area is 121 Å². The van der Waals surface area contributed by atoms with Gasteiger partial charge in [-0.3, -0.25) is 0 Å². The Morgan fingerprint density at radius 1 is 1.14 bits per heavy atom. The van der Waals surface area contributed by atoms with Crippen LogP contribution >= 0.6 is 0 Å². The van der Waals surface area contributed by atoms with Crippen LogP contribution in [-0.2, 0) is 6.54 Å². The lowest BCUT2D eigenvalue weighted by molar-refractivity contribution is 0.0692. The van der Waals surface area contributed by atoms with Crippen molar-refractivity contribution in [2.45, 2.75) is 20.4 Å². The monoisotopic (exact) mass is 291 g/mol. The highest BCUT2D eigenvalue weighted by molar-refractivity contribution is 5.89. The number of halogens is 2. The molecule has 0 amide bonds. The molecule has 5 heteroatoms. The molecule has 0 saturated heterocycles. The van der Waals surface area contributed by atoms with Gasteiger partial charge in [-0.2, -0.15) is 0 Å². The molecule has 0 radical (unpaired) electrons. The third kappa shape index (κ3) is 3.37. The van der Waals surface area contributed by atoms with Crippen LogP contribution in [0.2, 0.25) is 0 Å². The summed E-state index contributed by atoms with van der Waals surface area (Å²) in [4.78, 5) is 10.9. The summed E-state index contributed by atoms with van der Waals surface area (Å²) < 4.78 is 27.0. The highest BCUT2D eigenvalue weighted by Gasteiger charge is 2.15. The van der Waals surface area contributed by atoms with E-state index in [1.807, 2.05) is 32.0 Å². The smallest absolute Gasteiger partial charge is 0.338 e. The van der Waals surface area contributed by atoms with Crippen LogP contribution in [0.4, 0.5) is 14.5 Å². The van der Waals surface area contributed by atoms with E-state index < -0.39 is 23.2 Å². The number of carbonyl (C=O) groups is 1. The van der Waals surface area contributed by atoms with Crippen LogP contribution in [0, 0.1) is 25.5 Å². The average Bonchev–Trinajstić information content (AvgIpc) is 2.39.